The Morgan fingerprint density at radius 2 is 2.00 bits per heavy atom. The summed E-state index contributed by atoms with van der Waals surface area (Å²) in [7, 11) is 0. The summed E-state index contributed by atoms with van der Waals surface area (Å²) in [6.45, 7) is 7.68. The molecule has 0 saturated carbocycles. The largest absolute Gasteiger partial charge is 0.394 e. The van der Waals surface area contributed by atoms with Crippen molar-refractivity contribution in [2.45, 2.75) is 19.1 Å². The molecule has 1 fully saturated rings. The normalized spacial score (nSPS) is 21.6. The zero-order chi connectivity index (χ0) is 12.1. The first-order valence-electron chi connectivity index (χ1n) is 5.51. The third kappa shape index (κ3) is 3.04. The van der Waals surface area contributed by atoms with Gasteiger partial charge in [-0.15, -0.1) is 6.58 Å². The minimum atomic E-state index is -0.804. The van der Waals surface area contributed by atoms with Gasteiger partial charge in [0.1, 0.15) is 0 Å². The summed E-state index contributed by atoms with van der Waals surface area (Å²) in [4.78, 5) is 14.9. The van der Waals surface area contributed by atoms with E-state index in [0.29, 0.717) is 26.2 Å². The second-order valence-electron chi connectivity index (χ2n) is 4.02. The SMILES string of the molecule is C=CC([C@H](O)CO)N1CCN(C(C)=O)CC1. The van der Waals surface area contributed by atoms with Crippen molar-refractivity contribution in [3.8, 4) is 0 Å². The standard InChI is InChI=1S/C11H20N2O3/c1-3-10(11(16)8-14)13-6-4-12(5-7-13)9(2)15/h3,10-11,14,16H,1,4-8H2,2H3/t10?,11-/m1/s1. The van der Waals surface area contributed by atoms with Gasteiger partial charge in [0.15, 0.2) is 0 Å². The summed E-state index contributed by atoms with van der Waals surface area (Å²) in [6, 6.07) is -0.237. The van der Waals surface area contributed by atoms with Crippen LogP contribution in [0.1, 0.15) is 6.92 Å². The number of carbonyl (C=O) groups excluding carboxylic acids is 1. The van der Waals surface area contributed by atoms with Crippen molar-refractivity contribution in [1.29, 1.82) is 0 Å². The molecular formula is C11H20N2O3. The molecule has 5 nitrogen and oxygen atoms in total. The van der Waals surface area contributed by atoms with Crippen LogP contribution in [0.3, 0.4) is 0 Å². The Hall–Kier alpha value is -0.910. The van der Waals surface area contributed by atoms with Crippen LogP contribution in [0.4, 0.5) is 0 Å². The smallest absolute Gasteiger partial charge is 0.219 e. The van der Waals surface area contributed by atoms with Crippen LogP contribution in [0.15, 0.2) is 12.7 Å². The van der Waals surface area contributed by atoms with Crippen LogP contribution >= 0.6 is 0 Å². The Kier molecular flexibility index (Phi) is 4.92. The van der Waals surface area contributed by atoms with Crippen LogP contribution in [0.2, 0.25) is 0 Å². The van der Waals surface area contributed by atoms with Crippen molar-refractivity contribution in [2.75, 3.05) is 32.8 Å². The predicted octanol–water partition coefficient (Wildman–Crippen LogP) is -0.942. The second kappa shape index (κ2) is 5.98. The fraction of sp³-hybridized carbons (Fsp3) is 0.727. The van der Waals surface area contributed by atoms with Gasteiger partial charge >= 0.3 is 0 Å². The van der Waals surface area contributed by atoms with Gasteiger partial charge in [0, 0.05) is 33.1 Å². The lowest BCUT2D eigenvalue weighted by Crippen LogP contribution is -2.54. The van der Waals surface area contributed by atoms with Gasteiger partial charge in [0.05, 0.1) is 18.8 Å². The Morgan fingerprint density at radius 3 is 2.38 bits per heavy atom. The van der Waals surface area contributed by atoms with Crippen LogP contribution in [0.5, 0.6) is 0 Å². The van der Waals surface area contributed by atoms with Crippen molar-refractivity contribution < 1.29 is 15.0 Å². The van der Waals surface area contributed by atoms with E-state index in [1.165, 1.54) is 0 Å². The van der Waals surface area contributed by atoms with E-state index < -0.39 is 6.10 Å². The highest BCUT2D eigenvalue weighted by atomic mass is 16.3. The van der Waals surface area contributed by atoms with Crippen molar-refractivity contribution in [3.63, 3.8) is 0 Å². The highest BCUT2D eigenvalue weighted by molar-refractivity contribution is 5.73. The van der Waals surface area contributed by atoms with Crippen LogP contribution < -0.4 is 0 Å². The number of amides is 1. The quantitative estimate of drug-likeness (QED) is 0.610. The minimum Gasteiger partial charge on any atom is -0.394 e. The van der Waals surface area contributed by atoms with Gasteiger partial charge in [-0.2, -0.15) is 0 Å². The molecule has 2 N–H and O–H groups in total. The molecule has 1 unspecified atom stereocenters. The van der Waals surface area contributed by atoms with E-state index in [-0.39, 0.29) is 18.6 Å². The van der Waals surface area contributed by atoms with E-state index >= 15 is 0 Å². The van der Waals surface area contributed by atoms with Crippen LogP contribution in [-0.2, 0) is 4.79 Å². The molecule has 0 spiro atoms. The Morgan fingerprint density at radius 1 is 1.44 bits per heavy atom. The number of aliphatic hydroxyl groups is 2. The van der Waals surface area contributed by atoms with Crippen molar-refractivity contribution in [1.82, 2.24) is 9.80 Å². The van der Waals surface area contributed by atoms with Crippen LogP contribution in [0.25, 0.3) is 0 Å². The zero-order valence-corrected chi connectivity index (χ0v) is 9.67. The molecule has 2 atom stereocenters. The molecule has 0 aromatic carbocycles. The van der Waals surface area contributed by atoms with Crippen molar-refractivity contribution in [3.05, 3.63) is 12.7 Å². The van der Waals surface area contributed by atoms with Crippen molar-refractivity contribution >= 4 is 5.91 Å². The highest BCUT2D eigenvalue weighted by Gasteiger charge is 2.27. The maximum Gasteiger partial charge on any atom is 0.219 e. The summed E-state index contributed by atoms with van der Waals surface area (Å²) < 4.78 is 0. The van der Waals surface area contributed by atoms with E-state index in [1.54, 1.807) is 17.9 Å². The fourth-order valence-electron chi connectivity index (χ4n) is 1.99. The fourth-order valence-corrected chi connectivity index (χ4v) is 1.99. The van der Waals surface area contributed by atoms with E-state index in [9.17, 15) is 9.90 Å². The average Bonchev–Trinajstić information content (AvgIpc) is 2.30. The maximum absolute atomic E-state index is 11.1. The Balaban J connectivity index is 2.51. The summed E-state index contributed by atoms with van der Waals surface area (Å²) in [5.41, 5.74) is 0. The molecule has 1 heterocycles. The van der Waals surface area contributed by atoms with Gasteiger partial charge in [0.25, 0.3) is 0 Å². The van der Waals surface area contributed by atoms with Crippen molar-refractivity contribution in [2.24, 2.45) is 0 Å². The lowest BCUT2D eigenvalue weighted by atomic mass is 10.1. The molecule has 16 heavy (non-hydrogen) atoms. The predicted molar refractivity (Wildman–Crippen MR) is 60.9 cm³/mol. The first kappa shape index (κ1) is 13.2. The summed E-state index contributed by atoms with van der Waals surface area (Å²) in [5.74, 6) is 0.0810. The highest BCUT2D eigenvalue weighted by Crippen LogP contribution is 2.10. The number of hydrogen-bond acceptors (Lipinski definition) is 4. The third-order valence-electron chi connectivity index (χ3n) is 3.00. The maximum atomic E-state index is 11.1. The molecule has 0 aromatic heterocycles. The molecule has 0 bridgehead atoms. The summed E-state index contributed by atoms with van der Waals surface area (Å²) in [5, 5.41) is 18.5. The molecule has 1 amide bonds. The molecule has 1 aliphatic heterocycles. The lowest BCUT2D eigenvalue weighted by molar-refractivity contribution is -0.131. The molecule has 0 aliphatic carbocycles. The van der Waals surface area contributed by atoms with Gasteiger partial charge in [-0.1, -0.05) is 6.08 Å². The Labute approximate surface area is 96.0 Å². The molecule has 1 aliphatic rings. The summed E-state index contributed by atoms with van der Waals surface area (Å²) >= 11 is 0. The van der Waals surface area contributed by atoms with E-state index in [1.807, 2.05) is 4.90 Å². The first-order valence-corrected chi connectivity index (χ1v) is 5.51. The molecule has 92 valence electrons. The second-order valence-corrected chi connectivity index (χ2v) is 4.02. The summed E-state index contributed by atoms with van der Waals surface area (Å²) in [6.07, 6.45) is 0.839. The van der Waals surface area contributed by atoms with Crippen LogP contribution in [0, 0.1) is 0 Å². The molecule has 0 radical (unpaired) electrons. The number of hydrogen-bond donors (Lipinski definition) is 2. The number of piperazine rings is 1. The van der Waals surface area contributed by atoms with Crippen LogP contribution in [-0.4, -0.2) is 70.9 Å². The first-order chi connectivity index (χ1) is 7.60. The lowest BCUT2D eigenvalue weighted by Gasteiger charge is -2.39. The molecule has 1 saturated heterocycles. The van der Waals surface area contributed by atoms with Gasteiger partial charge in [-0.25, -0.2) is 0 Å². The number of aliphatic hydroxyl groups excluding tert-OH is 2. The minimum absolute atomic E-state index is 0.0810. The van der Waals surface area contributed by atoms with Gasteiger partial charge < -0.3 is 15.1 Å². The zero-order valence-electron chi connectivity index (χ0n) is 9.67. The molecule has 0 aromatic rings. The van der Waals surface area contributed by atoms with Gasteiger partial charge in [0.2, 0.25) is 5.91 Å². The molecule has 1 rings (SSSR count). The van der Waals surface area contributed by atoms with E-state index in [4.69, 9.17) is 5.11 Å². The number of rotatable bonds is 4. The topological polar surface area (TPSA) is 64.0 Å². The number of nitrogens with zero attached hydrogens (tertiary/aromatic N) is 2. The molecule has 5 heteroatoms. The molecular weight excluding hydrogens is 208 g/mol. The average molecular weight is 228 g/mol. The van der Waals surface area contributed by atoms with Gasteiger partial charge in [-0.05, 0) is 0 Å². The van der Waals surface area contributed by atoms with E-state index in [0.717, 1.165) is 0 Å². The third-order valence-corrected chi connectivity index (χ3v) is 3.00. The van der Waals surface area contributed by atoms with E-state index in [2.05, 4.69) is 6.58 Å². The number of carbonyl (C=O) groups is 1. The Bertz CT molecular complexity index is 250. The van der Waals surface area contributed by atoms with Gasteiger partial charge in [-0.3, -0.25) is 9.69 Å². The monoisotopic (exact) mass is 228 g/mol.